The lowest BCUT2D eigenvalue weighted by Crippen LogP contribution is -1.99. The van der Waals surface area contributed by atoms with Crippen molar-refractivity contribution in [2.24, 2.45) is 5.73 Å². The SMILES string of the molecule is NCc1cn(-c2cccc(Cl)c2F)nn1. The number of benzene rings is 1. The van der Waals surface area contributed by atoms with Crippen molar-refractivity contribution in [3.63, 3.8) is 0 Å². The van der Waals surface area contributed by atoms with Crippen LogP contribution in [0.3, 0.4) is 0 Å². The number of hydrogen-bond donors (Lipinski definition) is 1. The van der Waals surface area contributed by atoms with Gasteiger partial charge in [-0.25, -0.2) is 9.07 Å². The van der Waals surface area contributed by atoms with Crippen LogP contribution >= 0.6 is 11.6 Å². The van der Waals surface area contributed by atoms with Crippen molar-refractivity contribution >= 4 is 11.6 Å². The summed E-state index contributed by atoms with van der Waals surface area (Å²) in [5.41, 5.74) is 6.22. The van der Waals surface area contributed by atoms with Crippen LogP contribution in [-0.4, -0.2) is 15.0 Å². The van der Waals surface area contributed by atoms with Gasteiger partial charge < -0.3 is 5.73 Å². The second kappa shape index (κ2) is 3.96. The monoisotopic (exact) mass is 226 g/mol. The van der Waals surface area contributed by atoms with Gasteiger partial charge in [-0.3, -0.25) is 0 Å². The molecule has 15 heavy (non-hydrogen) atoms. The van der Waals surface area contributed by atoms with Gasteiger partial charge in [-0.1, -0.05) is 22.9 Å². The summed E-state index contributed by atoms with van der Waals surface area (Å²) in [7, 11) is 0. The van der Waals surface area contributed by atoms with Crippen LogP contribution in [0.1, 0.15) is 5.69 Å². The van der Waals surface area contributed by atoms with E-state index in [2.05, 4.69) is 10.3 Å². The van der Waals surface area contributed by atoms with Crippen LogP contribution in [-0.2, 0) is 6.54 Å². The van der Waals surface area contributed by atoms with Crippen molar-refractivity contribution in [2.75, 3.05) is 0 Å². The van der Waals surface area contributed by atoms with Crippen molar-refractivity contribution in [3.8, 4) is 5.69 Å². The Morgan fingerprint density at radius 2 is 2.27 bits per heavy atom. The maximum absolute atomic E-state index is 13.5. The minimum Gasteiger partial charge on any atom is -0.325 e. The first kappa shape index (κ1) is 10.1. The Morgan fingerprint density at radius 1 is 1.47 bits per heavy atom. The summed E-state index contributed by atoms with van der Waals surface area (Å²) in [6.45, 7) is 0.266. The molecule has 0 radical (unpaired) electrons. The van der Waals surface area contributed by atoms with E-state index in [0.29, 0.717) is 5.69 Å². The van der Waals surface area contributed by atoms with Gasteiger partial charge in [0.15, 0.2) is 5.82 Å². The summed E-state index contributed by atoms with van der Waals surface area (Å²) >= 11 is 5.64. The molecule has 0 fully saturated rings. The number of halogens is 2. The number of nitrogens with two attached hydrogens (primary N) is 1. The van der Waals surface area contributed by atoms with Crippen LogP contribution in [0.2, 0.25) is 5.02 Å². The number of nitrogens with zero attached hydrogens (tertiary/aromatic N) is 3. The minimum absolute atomic E-state index is 0.0531. The third-order valence-electron chi connectivity index (χ3n) is 1.93. The molecular formula is C9H8ClFN4. The highest BCUT2D eigenvalue weighted by molar-refractivity contribution is 6.30. The van der Waals surface area contributed by atoms with E-state index in [1.165, 1.54) is 10.7 Å². The molecule has 0 aliphatic rings. The molecule has 0 spiro atoms. The van der Waals surface area contributed by atoms with Gasteiger partial charge in [0.1, 0.15) is 5.69 Å². The third kappa shape index (κ3) is 1.84. The zero-order valence-corrected chi connectivity index (χ0v) is 8.45. The van der Waals surface area contributed by atoms with E-state index in [9.17, 15) is 4.39 Å². The summed E-state index contributed by atoms with van der Waals surface area (Å²) in [6, 6.07) is 4.68. The van der Waals surface area contributed by atoms with Crippen molar-refractivity contribution in [2.45, 2.75) is 6.54 Å². The van der Waals surface area contributed by atoms with Crippen molar-refractivity contribution in [3.05, 3.63) is 40.9 Å². The van der Waals surface area contributed by atoms with E-state index >= 15 is 0 Å². The maximum atomic E-state index is 13.5. The first-order chi connectivity index (χ1) is 7.22. The Kier molecular flexibility index (Phi) is 2.66. The number of hydrogen-bond acceptors (Lipinski definition) is 3. The van der Waals surface area contributed by atoms with Crippen LogP contribution in [0, 0.1) is 5.82 Å². The van der Waals surface area contributed by atoms with Crippen LogP contribution in [0.15, 0.2) is 24.4 Å². The molecule has 4 nitrogen and oxygen atoms in total. The first-order valence-corrected chi connectivity index (χ1v) is 4.66. The minimum atomic E-state index is -0.521. The second-order valence-corrected chi connectivity index (χ2v) is 3.34. The van der Waals surface area contributed by atoms with Crippen LogP contribution in [0.5, 0.6) is 0 Å². The molecule has 1 aromatic carbocycles. The molecule has 1 heterocycles. The fourth-order valence-electron chi connectivity index (χ4n) is 1.18. The molecule has 2 N–H and O–H groups in total. The summed E-state index contributed by atoms with van der Waals surface area (Å²) in [4.78, 5) is 0. The number of rotatable bonds is 2. The van der Waals surface area contributed by atoms with Crippen molar-refractivity contribution in [1.29, 1.82) is 0 Å². The fourth-order valence-corrected chi connectivity index (χ4v) is 1.35. The zero-order valence-electron chi connectivity index (χ0n) is 7.69. The van der Waals surface area contributed by atoms with Gasteiger partial charge in [0, 0.05) is 6.54 Å². The smallest absolute Gasteiger partial charge is 0.167 e. The van der Waals surface area contributed by atoms with Gasteiger partial charge in [-0.05, 0) is 12.1 Å². The lowest BCUT2D eigenvalue weighted by Gasteiger charge is -2.02. The molecule has 1 aromatic heterocycles. The third-order valence-corrected chi connectivity index (χ3v) is 2.22. The highest BCUT2D eigenvalue weighted by atomic mass is 35.5. The van der Waals surface area contributed by atoms with Gasteiger partial charge in [0.05, 0.1) is 16.9 Å². The summed E-state index contributed by atoms with van der Waals surface area (Å²) < 4.78 is 14.9. The van der Waals surface area contributed by atoms with Gasteiger partial charge in [-0.2, -0.15) is 0 Å². The molecule has 0 saturated carbocycles. The zero-order chi connectivity index (χ0) is 10.8. The molecule has 6 heteroatoms. The predicted octanol–water partition coefficient (Wildman–Crippen LogP) is 1.52. The number of aromatic nitrogens is 3. The Bertz CT molecular complexity index is 483. The average Bonchev–Trinajstić information content (AvgIpc) is 2.70. The van der Waals surface area contributed by atoms with E-state index in [1.54, 1.807) is 18.3 Å². The molecule has 0 atom stereocenters. The largest absolute Gasteiger partial charge is 0.325 e. The van der Waals surface area contributed by atoms with Crippen LogP contribution in [0.4, 0.5) is 4.39 Å². The van der Waals surface area contributed by atoms with Gasteiger partial charge in [0.2, 0.25) is 0 Å². The van der Waals surface area contributed by atoms with E-state index in [4.69, 9.17) is 17.3 Å². The Labute approximate surface area is 90.5 Å². The molecule has 2 aromatic rings. The lowest BCUT2D eigenvalue weighted by molar-refractivity contribution is 0.607. The highest BCUT2D eigenvalue weighted by Crippen LogP contribution is 2.20. The molecule has 0 saturated heterocycles. The Hall–Kier alpha value is -1.46. The van der Waals surface area contributed by atoms with Crippen molar-refractivity contribution < 1.29 is 4.39 Å². The van der Waals surface area contributed by atoms with Gasteiger partial charge >= 0.3 is 0 Å². The van der Waals surface area contributed by atoms with Crippen molar-refractivity contribution in [1.82, 2.24) is 15.0 Å². The normalized spacial score (nSPS) is 10.6. The first-order valence-electron chi connectivity index (χ1n) is 4.28. The Balaban J connectivity index is 2.49. The van der Waals surface area contributed by atoms with Gasteiger partial charge in [0.25, 0.3) is 0 Å². The quantitative estimate of drug-likeness (QED) is 0.845. The predicted molar refractivity (Wildman–Crippen MR) is 54.2 cm³/mol. The molecule has 0 aliphatic carbocycles. The van der Waals surface area contributed by atoms with Crippen LogP contribution in [0.25, 0.3) is 5.69 Å². The van der Waals surface area contributed by atoms with E-state index in [-0.39, 0.29) is 17.3 Å². The maximum Gasteiger partial charge on any atom is 0.167 e. The fraction of sp³-hybridized carbons (Fsp3) is 0.111. The van der Waals surface area contributed by atoms with E-state index < -0.39 is 5.82 Å². The van der Waals surface area contributed by atoms with Gasteiger partial charge in [-0.15, -0.1) is 5.10 Å². The summed E-state index contributed by atoms with van der Waals surface area (Å²) in [5.74, 6) is -0.521. The standard InChI is InChI=1S/C9H8ClFN4/c10-7-2-1-3-8(9(7)11)15-5-6(4-12)13-14-15/h1-3,5H,4,12H2. The van der Waals surface area contributed by atoms with E-state index in [0.717, 1.165) is 0 Å². The topological polar surface area (TPSA) is 56.7 Å². The summed E-state index contributed by atoms with van der Waals surface area (Å²) in [5, 5.41) is 7.56. The van der Waals surface area contributed by atoms with Crippen LogP contribution < -0.4 is 5.73 Å². The molecular weight excluding hydrogens is 219 g/mol. The Morgan fingerprint density at radius 3 is 2.93 bits per heavy atom. The highest BCUT2D eigenvalue weighted by Gasteiger charge is 2.09. The lowest BCUT2D eigenvalue weighted by atomic mass is 10.3. The second-order valence-electron chi connectivity index (χ2n) is 2.93. The molecule has 78 valence electrons. The average molecular weight is 227 g/mol. The molecule has 0 amide bonds. The van der Waals surface area contributed by atoms with E-state index in [1.807, 2.05) is 0 Å². The molecule has 0 unspecified atom stereocenters. The summed E-state index contributed by atoms with van der Waals surface area (Å²) in [6.07, 6.45) is 1.56. The molecule has 0 aliphatic heterocycles. The molecule has 2 rings (SSSR count). The molecule has 0 bridgehead atoms.